The van der Waals surface area contributed by atoms with Crippen LogP contribution >= 0.6 is 0 Å². The van der Waals surface area contributed by atoms with Crippen LogP contribution in [-0.2, 0) is 9.47 Å². The Kier molecular flexibility index (Phi) is 3.26. The zero-order chi connectivity index (χ0) is 15.4. The van der Waals surface area contributed by atoms with Crippen LogP contribution in [-0.4, -0.2) is 62.0 Å². The van der Waals surface area contributed by atoms with Crippen molar-refractivity contribution in [3.8, 4) is 0 Å². The van der Waals surface area contributed by atoms with E-state index in [1.165, 1.54) is 13.1 Å². The van der Waals surface area contributed by atoms with E-state index in [0.29, 0.717) is 5.56 Å². The second-order valence-corrected chi connectivity index (χ2v) is 5.32. The fourth-order valence-electron chi connectivity index (χ4n) is 2.93. The minimum atomic E-state index is -1.48. The van der Waals surface area contributed by atoms with Crippen molar-refractivity contribution in [3.63, 3.8) is 0 Å². The van der Waals surface area contributed by atoms with Crippen molar-refractivity contribution in [2.24, 2.45) is 0 Å². The van der Waals surface area contributed by atoms with Gasteiger partial charge < -0.3 is 24.8 Å². The topological polar surface area (TPSA) is 134 Å². The van der Waals surface area contributed by atoms with E-state index in [9.17, 15) is 24.9 Å². The average Bonchev–Trinajstić information content (AvgIpc) is 2.90. The number of aromatic nitrogens is 2. The van der Waals surface area contributed by atoms with Crippen molar-refractivity contribution in [1.82, 2.24) is 9.55 Å². The molecule has 0 aromatic carbocycles. The largest absolute Gasteiger partial charge is 0.394 e. The van der Waals surface area contributed by atoms with Gasteiger partial charge in [0.1, 0.15) is 18.3 Å². The van der Waals surface area contributed by atoms with Crippen molar-refractivity contribution in [2.75, 3.05) is 13.2 Å². The first-order chi connectivity index (χ1) is 9.94. The Hall–Kier alpha value is -1.52. The summed E-state index contributed by atoms with van der Waals surface area (Å²) in [5, 5.41) is 29.0. The molecule has 0 amide bonds. The van der Waals surface area contributed by atoms with Crippen molar-refractivity contribution >= 4 is 0 Å². The summed E-state index contributed by atoms with van der Waals surface area (Å²) in [6, 6.07) is 0. The molecule has 5 atom stereocenters. The lowest BCUT2D eigenvalue weighted by molar-refractivity contribution is -0.231. The molecule has 4 N–H and O–H groups in total. The van der Waals surface area contributed by atoms with Gasteiger partial charge in [-0.1, -0.05) is 0 Å². The first kappa shape index (κ1) is 14.4. The zero-order valence-corrected chi connectivity index (χ0v) is 11.2. The number of ether oxygens (including phenoxy) is 2. The molecule has 0 spiro atoms. The number of aliphatic hydroxyl groups excluding tert-OH is 3. The maximum Gasteiger partial charge on any atom is 0.330 e. The molecule has 2 bridgehead atoms. The summed E-state index contributed by atoms with van der Waals surface area (Å²) in [5.41, 5.74) is -2.39. The third-order valence-corrected chi connectivity index (χ3v) is 4.13. The second-order valence-electron chi connectivity index (χ2n) is 5.32. The summed E-state index contributed by atoms with van der Waals surface area (Å²) in [6.07, 6.45) is -2.67. The fraction of sp³-hybridized carbons (Fsp3) is 0.667. The van der Waals surface area contributed by atoms with Gasteiger partial charge in [-0.3, -0.25) is 14.3 Å². The lowest BCUT2D eigenvalue weighted by atomic mass is 9.94. The van der Waals surface area contributed by atoms with Crippen LogP contribution in [0.4, 0.5) is 0 Å². The summed E-state index contributed by atoms with van der Waals surface area (Å²) in [5.74, 6) is 0. The maximum atomic E-state index is 11.9. The molecule has 9 heteroatoms. The molecule has 1 unspecified atom stereocenters. The van der Waals surface area contributed by atoms with Gasteiger partial charge in [0.05, 0.1) is 13.2 Å². The van der Waals surface area contributed by atoms with Gasteiger partial charge >= 0.3 is 5.69 Å². The van der Waals surface area contributed by atoms with Gasteiger partial charge in [0.15, 0.2) is 11.8 Å². The van der Waals surface area contributed by atoms with E-state index in [4.69, 9.17) is 9.47 Å². The quantitative estimate of drug-likeness (QED) is 0.474. The van der Waals surface area contributed by atoms with Gasteiger partial charge in [0, 0.05) is 11.8 Å². The van der Waals surface area contributed by atoms with Crippen LogP contribution < -0.4 is 11.2 Å². The first-order valence-corrected chi connectivity index (χ1v) is 6.49. The standard InChI is InChI=1S/C12H16N2O7/c1-5-2-14(11(19)13-9(5)18)10-7-8(17)12(4-16,21-10)6(3-15)20-7/h2,6-8,10,15-17H,3-4H2,1H3,(H,13,18,19)/t6-,7?,8+,10-,12+/m1/s1. The number of rotatable bonds is 3. The number of hydrogen-bond acceptors (Lipinski definition) is 7. The van der Waals surface area contributed by atoms with Crippen LogP contribution in [0.15, 0.2) is 15.8 Å². The zero-order valence-electron chi connectivity index (χ0n) is 11.2. The van der Waals surface area contributed by atoms with Gasteiger partial charge in [-0.25, -0.2) is 4.79 Å². The smallest absolute Gasteiger partial charge is 0.330 e. The molecule has 2 saturated heterocycles. The van der Waals surface area contributed by atoms with Crippen LogP contribution in [0.1, 0.15) is 11.8 Å². The van der Waals surface area contributed by atoms with Crippen molar-refractivity contribution in [2.45, 2.75) is 37.1 Å². The number of nitrogens with one attached hydrogen (secondary N) is 1. The monoisotopic (exact) mass is 300 g/mol. The van der Waals surface area contributed by atoms with Crippen LogP contribution in [0.25, 0.3) is 0 Å². The molecule has 1 aromatic rings. The number of H-pyrrole nitrogens is 1. The highest BCUT2D eigenvalue weighted by molar-refractivity contribution is 5.13. The summed E-state index contributed by atoms with van der Waals surface area (Å²) >= 11 is 0. The van der Waals surface area contributed by atoms with Crippen LogP contribution in [0, 0.1) is 6.92 Å². The maximum absolute atomic E-state index is 11.9. The highest BCUT2D eigenvalue weighted by Gasteiger charge is 2.66. The Morgan fingerprint density at radius 1 is 1.43 bits per heavy atom. The number of fused-ring (bicyclic) bond motifs is 2. The lowest BCUT2D eigenvalue weighted by Gasteiger charge is -2.35. The number of aliphatic hydroxyl groups is 3. The Morgan fingerprint density at radius 3 is 2.76 bits per heavy atom. The second kappa shape index (κ2) is 4.75. The van der Waals surface area contributed by atoms with Crippen molar-refractivity contribution in [3.05, 3.63) is 32.6 Å². The van der Waals surface area contributed by atoms with E-state index in [1.54, 1.807) is 0 Å². The highest BCUT2D eigenvalue weighted by Crippen LogP contribution is 2.47. The molecule has 2 aliphatic rings. The molecule has 3 rings (SSSR count). The summed E-state index contributed by atoms with van der Waals surface area (Å²) in [7, 11) is 0. The molecule has 0 saturated carbocycles. The Labute approximate surface area is 118 Å². The summed E-state index contributed by atoms with van der Waals surface area (Å²) in [4.78, 5) is 25.4. The van der Waals surface area contributed by atoms with E-state index >= 15 is 0 Å². The third kappa shape index (κ3) is 1.82. The third-order valence-electron chi connectivity index (χ3n) is 4.13. The SMILES string of the molecule is Cc1cn([C@@H]2O[C@@]3(CO)[C@@H](CO)OC2[C@@H]3O)c(=O)[nH]c1=O. The molecule has 116 valence electrons. The Morgan fingerprint density at radius 2 is 2.14 bits per heavy atom. The molecule has 2 aliphatic heterocycles. The molecule has 0 aliphatic carbocycles. The van der Waals surface area contributed by atoms with E-state index in [2.05, 4.69) is 4.98 Å². The normalized spacial score (nSPS) is 38.1. The van der Waals surface area contributed by atoms with E-state index in [-0.39, 0.29) is 0 Å². The molecular formula is C12H16N2O7. The first-order valence-electron chi connectivity index (χ1n) is 6.49. The lowest BCUT2D eigenvalue weighted by Crippen LogP contribution is -2.52. The van der Waals surface area contributed by atoms with Crippen LogP contribution in [0.3, 0.4) is 0 Å². The number of aromatic amines is 1. The Bertz CT molecular complexity index is 668. The predicted molar refractivity (Wildman–Crippen MR) is 67.8 cm³/mol. The minimum Gasteiger partial charge on any atom is -0.394 e. The highest BCUT2D eigenvalue weighted by atomic mass is 16.7. The predicted octanol–water partition coefficient (Wildman–Crippen LogP) is -2.77. The van der Waals surface area contributed by atoms with Gasteiger partial charge in [-0.15, -0.1) is 0 Å². The summed E-state index contributed by atoms with van der Waals surface area (Å²) in [6.45, 7) is 0.529. The van der Waals surface area contributed by atoms with Gasteiger partial charge in [-0.2, -0.15) is 0 Å². The molecule has 1 aromatic heterocycles. The van der Waals surface area contributed by atoms with Crippen LogP contribution in [0.5, 0.6) is 0 Å². The molecule has 2 fully saturated rings. The molecule has 0 radical (unpaired) electrons. The fourth-order valence-corrected chi connectivity index (χ4v) is 2.93. The van der Waals surface area contributed by atoms with E-state index in [1.807, 2.05) is 0 Å². The molecule has 9 nitrogen and oxygen atoms in total. The van der Waals surface area contributed by atoms with Crippen molar-refractivity contribution < 1.29 is 24.8 Å². The molecular weight excluding hydrogens is 284 g/mol. The number of nitrogens with zero attached hydrogens (tertiary/aromatic N) is 1. The van der Waals surface area contributed by atoms with E-state index < -0.39 is 54.6 Å². The van der Waals surface area contributed by atoms with Crippen molar-refractivity contribution in [1.29, 1.82) is 0 Å². The van der Waals surface area contributed by atoms with Crippen LogP contribution in [0.2, 0.25) is 0 Å². The van der Waals surface area contributed by atoms with Gasteiger partial charge in [-0.05, 0) is 6.92 Å². The van der Waals surface area contributed by atoms with Gasteiger partial charge in [0.25, 0.3) is 5.56 Å². The average molecular weight is 300 g/mol. The number of aryl methyl sites for hydroxylation is 1. The molecule has 21 heavy (non-hydrogen) atoms. The Balaban J connectivity index is 2.03. The summed E-state index contributed by atoms with van der Waals surface area (Å²) < 4.78 is 12.2. The van der Waals surface area contributed by atoms with E-state index in [0.717, 1.165) is 4.57 Å². The molecule has 3 heterocycles. The minimum absolute atomic E-state index is 0.298. The number of hydrogen-bond donors (Lipinski definition) is 4. The van der Waals surface area contributed by atoms with Gasteiger partial charge in [0.2, 0.25) is 0 Å².